The van der Waals surface area contributed by atoms with Gasteiger partial charge in [-0.25, -0.2) is 4.79 Å². The maximum absolute atomic E-state index is 13.2. The Kier molecular flexibility index (Phi) is 6.39. The molecule has 0 bridgehead atoms. The van der Waals surface area contributed by atoms with E-state index in [-0.39, 0.29) is 17.3 Å². The molecule has 6 rings (SSSR count). The zero-order valence-corrected chi connectivity index (χ0v) is 21.5. The molecule has 0 aliphatic carbocycles. The fourth-order valence-corrected chi connectivity index (χ4v) is 4.51. The van der Waals surface area contributed by atoms with Crippen molar-refractivity contribution in [3.8, 4) is 17.2 Å². The third kappa shape index (κ3) is 5.02. The van der Waals surface area contributed by atoms with Gasteiger partial charge in [0.15, 0.2) is 5.76 Å². The van der Waals surface area contributed by atoms with Crippen LogP contribution in [0.15, 0.2) is 101 Å². The molecule has 0 radical (unpaired) electrons. The van der Waals surface area contributed by atoms with Gasteiger partial charge in [-0.15, -0.1) is 0 Å². The standard InChI is InChI=1S/C32H21ClO6/c1-19-30(26-16-23(12-14-27(26)37-19)36-18-21-5-3-2-4-6-21)32(35)38-24-11-13-25-28(17-24)39-29(31(25)34)15-20-7-9-22(33)10-8-20/h2-17H,18H2,1H3/b29-15-. The number of Topliss-reactive ketones (excluding diaryl/α,β-unsaturated/α-hetero) is 1. The van der Waals surface area contributed by atoms with E-state index in [0.717, 1.165) is 11.1 Å². The Morgan fingerprint density at radius 2 is 1.69 bits per heavy atom. The molecule has 0 fully saturated rings. The van der Waals surface area contributed by atoms with E-state index in [1.54, 1.807) is 67.6 Å². The second-order valence-electron chi connectivity index (χ2n) is 9.00. The second-order valence-corrected chi connectivity index (χ2v) is 9.44. The molecule has 0 spiro atoms. The summed E-state index contributed by atoms with van der Waals surface area (Å²) in [6.45, 7) is 2.10. The van der Waals surface area contributed by atoms with E-state index in [9.17, 15) is 9.59 Å². The van der Waals surface area contributed by atoms with Gasteiger partial charge in [-0.2, -0.15) is 0 Å². The summed E-state index contributed by atoms with van der Waals surface area (Å²) in [5.41, 5.74) is 3.04. The van der Waals surface area contributed by atoms with Crippen LogP contribution in [0.25, 0.3) is 17.0 Å². The highest BCUT2D eigenvalue weighted by Crippen LogP contribution is 2.36. The lowest BCUT2D eigenvalue weighted by molar-refractivity contribution is 0.0734. The molecule has 0 N–H and O–H groups in total. The highest BCUT2D eigenvalue weighted by atomic mass is 35.5. The average Bonchev–Trinajstić information content (AvgIpc) is 3.43. The molecule has 1 aliphatic rings. The van der Waals surface area contributed by atoms with E-state index in [2.05, 4.69) is 0 Å². The third-order valence-electron chi connectivity index (χ3n) is 6.31. The molecule has 6 nitrogen and oxygen atoms in total. The first-order valence-electron chi connectivity index (χ1n) is 12.2. The van der Waals surface area contributed by atoms with Crippen LogP contribution in [0.5, 0.6) is 17.2 Å². The van der Waals surface area contributed by atoms with E-state index >= 15 is 0 Å². The van der Waals surface area contributed by atoms with Crippen molar-refractivity contribution in [3.63, 3.8) is 0 Å². The zero-order valence-electron chi connectivity index (χ0n) is 20.8. The minimum atomic E-state index is -0.590. The number of ketones is 1. The van der Waals surface area contributed by atoms with Crippen LogP contribution in [0.4, 0.5) is 0 Å². The number of halogens is 1. The van der Waals surface area contributed by atoms with Crippen LogP contribution in [0, 0.1) is 6.92 Å². The van der Waals surface area contributed by atoms with Crippen molar-refractivity contribution in [2.24, 2.45) is 0 Å². The van der Waals surface area contributed by atoms with Gasteiger partial charge in [0.05, 0.1) is 5.56 Å². The lowest BCUT2D eigenvalue weighted by Gasteiger charge is -2.07. The molecule has 0 unspecified atom stereocenters. The Morgan fingerprint density at radius 3 is 2.49 bits per heavy atom. The summed E-state index contributed by atoms with van der Waals surface area (Å²) in [5, 5.41) is 1.19. The number of carbonyl (C=O) groups is 2. The summed E-state index contributed by atoms with van der Waals surface area (Å²) < 4.78 is 23.2. The molecular weight excluding hydrogens is 516 g/mol. The molecule has 39 heavy (non-hydrogen) atoms. The Bertz CT molecular complexity index is 1750. The van der Waals surface area contributed by atoms with Gasteiger partial charge in [0, 0.05) is 16.5 Å². The Balaban J connectivity index is 1.21. The first kappa shape index (κ1) is 24.5. The predicted octanol–water partition coefficient (Wildman–Crippen LogP) is 7.81. The number of aryl methyl sites for hydroxylation is 1. The Morgan fingerprint density at radius 1 is 0.923 bits per heavy atom. The van der Waals surface area contributed by atoms with Crippen LogP contribution in [0.2, 0.25) is 5.02 Å². The van der Waals surface area contributed by atoms with E-state index in [0.29, 0.717) is 51.0 Å². The van der Waals surface area contributed by atoms with Crippen molar-refractivity contribution in [2.75, 3.05) is 0 Å². The van der Waals surface area contributed by atoms with Crippen molar-refractivity contribution in [1.82, 2.24) is 0 Å². The van der Waals surface area contributed by atoms with Crippen molar-refractivity contribution in [2.45, 2.75) is 13.5 Å². The molecule has 2 heterocycles. The number of benzene rings is 4. The molecule has 192 valence electrons. The molecule has 5 aromatic rings. The van der Waals surface area contributed by atoms with Crippen molar-refractivity contribution < 1.29 is 28.2 Å². The highest BCUT2D eigenvalue weighted by Gasteiger charge is 2.28. The predicted molar refractivity (Wildman–Crippen MR) is 148 cm³/mol. The number of hydrogen-bond donors (Lipinski definition) is 0. The van der Waals surface area contributed by atoms with E-state index in [4.69, 9.17) is 30.2 Å². The van der Waals surface area contributed by atoms with Gasteiger partial charge >= 0.3 is 5.97 Å². The van der Waals surface area contributed by atoms with Crippen LogP contribution in [-0.2, 0) is 6.61 Å². The van der Waals surface area contributed by atoms with Gasteiger partial charge in [0.1, 0.15) is 40.8 Å². The van der Waals surface area contributed by atoms with Gasteiger partial charge in [-0.3, -0.25) is 4.79 Å². The van der Waals surface area contributed by atoms with Crippen LogP contribution >= 0.6 is 11.6 Å². The molecule has 4 aromatic carbocycles. The summed E-state index contributed by atoms with van der Waals surface area (Å²) in [7, 11) is 0. The van der Waals surface area contributed by atoms with Gasteiger partial charge in [-0.1, -0.05) is 54.1 Å². The van der Waals surface area contributed by atoms with Crippen LogP contribution in [0.3, 0.4) is 0 Å². The second kappa shape index (κ2) is 10.2. The summed E-state index contributed by atoms with van der Waals surface area (Å²) in [6.07, 6.45) is 1.64. The summed E-state index contributed by atoms with van der Waals surface area (Å²) >= 11 is 5.94. The van der Waals surface area contributed by atoms with E-state index < -0.39 is 5.97 Å². The maximum Gasteiger partial charge on any atom is 0.347 e. The molecule has 1 aromatic heterocycles. The van der Waals surface area contributed by atoms with Crippen LogP contribution < -0.4 is 14.2 Å². The van der Waals surface area contributed by atoms with Gasteiger partial charge < -0.3 is 18.6 Å². The average molecular weight is 537 g/mol. The third-order valence-corrected chi connectivity index (χ3v) is 6.56. The molecule has 0 saturated carbocycles. The number of rotatable bonds is 6. The largest absolute Gasteiger partial charge is 0.489 e. The first-order valence-corrected chi connectivity index (χ1v) is 12.6. The minimum absolute atomic E-state index is 0.176. The summed E-state index contributed by atoms with van der Waals surface area (Å²) in [6, 6.07) is 26.9. The van der Waals surface area contributed by atoms with Crippen molar-refractivity contribution in [1.29, 1.82) is 0 Å². The van der Waals surface area contributed by atoms with E-state index in [1.165, 1.54) is 6.07 Å². The Hall–Kier alpha value is -4.81. The molecule has 0 saturated heterocycles. The number of hydrogen-bond acceptors (Lipinski definition) is 6. The van der Waals surface area contributed by atoms with Crippen LogP contribution in [0.1, 0.15) is 37.6 Å². The fraction of sp³-hybridized carbons (Fsp3) is 0.0625. The number of esters is 1. The minimum Gasteiger partial charge on any atom is -0.489 e. The van der Waals surface area contributed by atoms with E-state index in [1.807, 2.05) is 30.3 Å². The lowest BCUT2D eigenvalue weighted by atomic mass is 10.1. The van der Waals surface area contributed by atoms with Crippen LogP contribution in [-0.4, -0.2) is 11.8 Å². The summed E-state index contributed by atoms with van der Waals surface area (Å²) in [4.78, 5) is 26.0. The number of furan rings is 1. The number of allylic oxidation sites excluding steroid dienone is 1. The monoisotopic (exact) mass is 536 g/mol. The first-order chi connectivity index (χ1) is 18.9. The molecular formula is C32H21ClO6. The molecule has 0 amide bonds. The topological polar surface area (TPSA) is 75.0 Å². The Labute approximate surface area is 229 Å². The highest BCUT2D eigenvalue weighted by molar-refractivity contribution is 6.30. The molecule has 1 aliphatic heterocycles. The van der Waals surface area contributed by atoms with Gasteiger partial charge in [0.25, 0.3) is 0 Å². The van der Waals surface area contributed by atoms with Gasteiger partial charge in [-0.05, 0) is 66.6 Å². The SMILES string of the molecule is Cc1oc2ccc(OCc3ccccc3)cc2c1C(=O)Oc1ccc2c(c1)O/C(=C\c1ccc(Cl)cc1)C2=O. The normalized spacial score (nSPS) is 13.4. The van der Waals surface area contributed by atoms with Crippen molar-refractivity contribution in [3.05, 3.63) is 130 Å². The summed E-state index contributed by atoms with van der Waals surface area (Å²) in [5.74, 6) is 0.919. The van der Waals surface area contributed by atoms with Gasteiger partial charge in [0.2, 0.25) is 5.78 Å². The lowest BCUT2D eigenvalue weighted by Crippen LogP contribution is -2.09. The number of fused-ring (bicyclic) bond motifs is 2. The molecule has 7 heteroatoms. The zero-order chi connectivity index (χ0) is 26.9. The number of carbonyl (C=O) groups excluding carboxylic acids is 2. The van der Waals surface area contributed by atoms with Crippen molar-refractivity contribution >= 4 is 40.4 Å². The quantitative estimate of drug-likeness (QED) is 0.125. The smallest absolute Gasteiger partial charge is 0.347 e. The fourth-order valence-electron chi connectivity index (χ4n) is 4.38. The number of ether oxygens (including phenoxy) is 3. The maximum atomic E-state index is 13.2. The molecule has 0 atom stereocenters.